The number of methoxy groups -OCH3 is 1. The van der Waals surface area contributed by atoms with Crippen molar-refractivity contribution < 1.29 is 14.6 Å². The Labute approximate surface area is 114 Å². The number of nitrogens with one attached hydrogen (secondary N) is 2. The van der Waals surface area contributed by atoms with Gasteiger partial charge in [0.25, 0.3) is 0 Å². The number of ether oxygens (including phenoxy) is 1. The maximum absolute atomic E-state index is 11.8. The molecule has 3 N–H and O–H groups in total. The van der Waals surface area contributed by atoms with Gasteiger partial charge in [-0.1, -0.05) is 0 Å². The molecule has 19 heavy (non-hydrogen) atoms. The first-order valence-electron chi connectivity index (χ1n) is 6.36. The van der Waals surface area contributed by atoms with Crippen LogP contribution in [0.4, 0.5) is 5.69 Å². The third-order valence-electron chi connectivity index (χ3n) is 2.71. The van der Waals surface area contributed by atoms with Gasteiger partial charge in [0.05, 0.1) is 13.7 Å². The van der Waals surface area contributed by atoms with Crippen LogP contribution in [0.5, 0.6) is 5.75 Å². The van der Waals surface area contributed by atoms with Crippen molar-refractivity contribution in [3.8, 4) is 5.75 Å². The largest absolute Gasteiger partial charge is 0.497 e. The highest BCUT2D eigenvalue weighted by Gasteiger charge is 2.11. The molecule has 0 radical (unpaired) electrons. The first-order valence-corrected chi connectivity index (χ1v) is 6.36. The van der Waals surface area contributed by atoms with Gasteiger partial charge >= 0.3 is 0 Å². The fourth-order valence-electron chi connectivity index (χ4n) is 1.76. The van der Waals surface area contributed by atoms with Crippen LogP contribution in [0.1, 0.15) is 20.3 Å². The number of anilines is 1. The lowest BCUT2D eigenvalue weighted by Crippen LogP contribution is -2.38. The van der Waals surface area contributed by atoms with Crippen molar-refractivity contribution in [3.05, 3.63) is 24.3 Å². The van der Waals surface area contributed by atoms with E-state index >= 15 is 0 Å². The van der Waals surface area contributed by atoms with E-state index in [0.29, 0.717) is 6.42 Å². The molecule has 1 amide bonds. The summed E-state index contributed by atoms with van der Waals surface area (Å²) in [5.74, 6) is 0.695. The summed E-state index contributed by atoms with van der Waals surface area (Å²) >= 11 is 0. The Hall–Kier alpha value is -1.59. The Morgan fingerprint density at radius 1 is 1.26 bits per heavy atom. The summed E-state index contributed by atoms with van der Waals surface area (Å²) < 4.78 is 5.05. The lowest BCUT2D eigenvalue weighted by atomic mass is 10.2. The van der Waals surface area contributed by atoms with Gasteiger partial charge in [-0.2, -0.15) is 0 Å². The first kappa shape index (κ1) is 15.5. The van der Waals surface area contributed by atoms with Crippen LogP contribution in [0.3, 0.4) is 0 Å². The maximum Gasteiger partial charge on any atom is 0.225 e. The topological polar surface area (TPSA) is 70.6 Å². The van der Waals surface area contributed by atoms with Crippen LogP contribution >= 0.6 is 0 Å². The number of aliphatic hydroxyl groups is 1. The molecule has 0 bridgehead atoms. The highest BCUT2D eigenvalue weighted by atomic mass is 16.5. The summed E-state index contributed by atoms with van der Waals surface area (Å²) in [5, 5.41) is 14.9. The molecule has 0 aliphatic rings. The monoisotopic (exact) mass is 266 g/mol. The van der Waals surface area contributed by atoms with Crippen molar-refractivity contribution in [2.45, 2.75) is 32.4 Å². The molecule has 5 nitrogen and oxygen atoms in total. The number of rotatable bonds is 7. The average molecular weight is 266 g/mol. The van der Waals surface area contributed by atoms with Gasteiger partial charge in [-0.3, -0.25) is 4.79 Å². The van der Waals surface area contributed by atoms with Crippen molar-refractivity contribution in [1.29, 1.82) is 0 Å². The zero-order valence-corrected chi connectivity index (χ0v) is 11.6. The van der Waals surface area contributed by atoms with E-state index in [1.54, 1.807) is 31.4 Å². The second kappa shape index (κ2) is 7.76. The molecule has 0 aliphatic heterocycles. The van der Waals surface area contributed by atoms with Gasteiger partial charge in [0.2, 0.25) is 5.91 Å². The van der Waals surface area contributed by atoms with Crippen molar-refractivity contribution in [2.24, 2.45) is 0 Å². The van der Waals surface area contributed by atoms with Gasteiger partial charge in [0.1, 0.15) is 5.75 Å². The van der Waals surface area contributed by atoms with Crippen LogP contribution in [0.25, 0.3) is 0 Å². The van der Waals surface area contributed by atoms with Crippen LogP contribution in [0.15, 0.2) is 24.3 Å². The fourth-order valence-corrected chi connectivity index (χ4v) is 1.76. The van der Waals surface area contributed by atoms with E-state index in [9.17, 15) is 4.79 Å². The Kier molecular flexibility index (Phi) is 6.32. The first-order chi connectivity index (χ1) is 9.05. The van der Waals surface area contributed by atoms with E-state index in [-0.39, 0.29) is 24.6 Å². The smallest absolute Gasteiger partial charge is 0.225 e. The van der Waals surface area contributed by atoms with Crippen LogP contribution in [-0.2, 0) is 4.79 Å². The summed E-state index contributed by atoms with van der Waals surface area (Å²) in [7, 11) is 1.60. The molecule has 0 fully saturated rings. The van der Waals surface area contributed by atoms with Gasteiger partial charge in [0.15, 0.2) is 0 Å². The Morgan fingerprint density at radius 3 is 2.42 bits per heavy atom. The van der Waals surface area contributed by atoms with Crippen LogP contribution in [0, 0.1) is 0 Å². The van der Waals surface area contributed by atoms with Crippen LogP contribution < -0.4 is 15.4 Å². The normalized spacial score (nSPS) is 13.7. The number of aliphatic hydroxyl groups excluding tert-OH is 1. The lowest BCUT2D eigenvalue weighted by molar-refractivity contribution is -0.116. The van der Waals surface area contributed by atoms with E-state index in [4.69, 9.17) is 9.84 Å². The molecule has 1 aromatic rings. The van der Waals surface area contributed by atoms with Crippen LogP contribution in [-0.4, -0.2) is 36.8 Å². The Morgan fingerprint density at radius 2 is 1.89 bits per heavy atom. The number of amides is 1. The minimum absolute atomic E-state index is 0.0104. The molecule has 1 rings (SSSR count). The third-order valence-corrected chi connectivity index (χ3v) is 2.71. The highest BCUT2D eigenvalue weighted by Crippen LogP contribution is 2.15. The molecule has 106 valence electrons. The summed E-state index contributed by atoms with van der Waals surface area (Å²) in [6.45, 7) is 3.85. The second-order valence-electron chi connectivity index (χ2n) is 4.63. The van der Waals surface area contributed by atoms with E-state index in [0.717, 1.165) is 11.4 Å². The Bertz CT molecular complexity index is 392. The zero-order chi connectivity index (χ0) is 14.3. The molecule has 1 aromatic carbocycles. The molecule has 0 heterocycles. The molecule has 0 aliphatic carbocycles. The molecule has 0 saturated heterocycles. The average Bonchev–Trinajstić information content (AvgIpc) is 2.39. The lowest BCUT2D eigenvalue weighted by Gasteiger charge is -2.17. The van der Waals surface area contributed by atoms with Gasteiger partial charge in [-0.25, -0.2) is 0 Å². The van der Waals surface area contributed by atoms with Crippen molar-refractivity contribution in [2.75, 3.05) is 19.0 Å². The summed E-state index contributed by atoms with van der Waals surface area (Å²) in [6.07, 6.45) is 0.358. The zero-order valence-electron chi connectivity index (χ0n) is 11.6. The fraction of sp³-hybridized carbons (Fsp3) is 0.500. The van der Waals surface area contributed by atoms with Crippen molar-refractivity contribution in [1.82, 2.24) is 5.32 Å². The van der Waals surface area contributed by atoms with Crippen LogP contribution in [0.2, 0.25) is 0 Å². The molecule has 2 unspecified atom stereocenters. The summed E-state index contributed by atoms with van der Waals surface area (Å²) in [5.41, 5.74) is 0.744. The minimum atomic E-state index is -0.0599. The quantitative estimate of drug-likeness (QED) is 0.697. The number of hydrogen-bond donors (Lipinski definition) is 3. The molecular formula is C14H22N2O3. The number of carbonyl (C=O) groups excluding carboxylic acids is 1. The maximum atomic E-state index is 11.8. The molecule has 0 saturated carbocycles. The second-order valence-corrected chi connectivity index (χ2v) is 4.63. The molecule has 2 atom stereocenters. The predicted molar refractivity (Wildman–Crippen MR) is 75.4 cm³/mol. The SMILES string of the molecule is COc1ccc(NC(=O)CC(C)NC(C)CO)cc1. The van der Waals surface area contributed by atoms with Gasteiger partial charge in [-0.15, -0.1) is 0 Å². The molecule has 0 aromatic heterocycles. The van der Waals surface area contributed by atoms with Gasteiger partial charge < -0.3 is 20.5 Å². The molecule has 0 spiro atoms. The van der Waals surface area contributed by atoms with E-state index in [2.05, 4.69) is 10.6 Å². The number of carbonyl (C=O) groups is 1. The molecule has 5 heteroatoms. The number of hydrogen-bond acceptors (Lipinski definition) is 4. The molecular weight excluding hydrogens is 244 g/mol. The van der Waals surface area contributed by atoms with Crippen molar-refractivity contribution >= 4 is 11.6 Å². The standard InChI is InChI=1S/C14H22N2O3/c1-10(15-11(2)9-17)8-14(18)16-12-4-6-13(19-3)7-5-12/h4-7,10-11,15,17H,8-9H2,1-3H3,(H,16,18). The Balaban J connectivity index is 2.41. The summed E-state index contributed by atoms with van der Waals surface area (Å²) in [6, 6.07) is 7.19. The minimum Gasteiger partial charge on any atom is -0.497 e. The van der Waals surface area contributed by atoms with Crippen molar-refractivity contribution in [3.63, 3.8) is 0 Å². The van der Waals surface area contributed by atoms with E-state index in [1.165, 1.54) is 0 Å². The third kappa shape index (κ3) is 5.72. The summed E-state index contributed by atoms with van der Waals surface area (Å²) in [4.78, 5) is 11.8. The van der Waals surface area contributed by atoms with Gasteiger partial charge in [-0.05, 0) is 38.1 Å². The number of benzene rings is 1. The highest BCUT2D eigenvalue weighted by molar-refractivity contribution is 5.91. The van der Waals surface area contributed by atoms with E-state index < -0.39 is 0 Å². The predicted octanol–water partition coefficient (Wildman–Crippen LogP) is 1.38. The van der Waals surface area contributed by atoms with E-state index in [1.807, 2.05) is 13.8 Å². The van der Waals surface area contributed by atoms with Gasteiger partial charge in [0, 0.05) is 24.2 Å².